The molecule has 0 spiro atoms. The number of nitrogens with one attached hydrogen (secondary N) is 1. The maximum Gasteiger partial charge on any atom is 0.0351 e. The van der Waals surface area contributed by atoms with Gasteiger partial charge in [-0.15, -0.1) is 0 Å². The van der Waals surface area contributed by atoms with Crippen LogP contribution in [0, 0.1) is 29.6 Å². The molecule has 112 valence electrons. The number of benzene rings is 1. The summed E-state index contributed by atoms with van der Waals surface area (Å²) < 4.78 is 0. The lowest BCUT2D eigenvalue weighted by Crippen LogP contribution is -2.55. The minimum absolute atomic E-state index is 0.633. The zero-order chi connectivity index (χ0) is 13.8. The summed E-state index contributed by atoms with van der Waals surface area (Å²) in [7, 11) is 0. The molecular formula is C20H27N. The second kappa shape index (κ2) is 4.84. The van der Waals surface area contributed by atoms with Crippen molar-refractivity contribution in [2.45, 2.75) is 57.0 Å². The molecule has 6 rings (SSSR count). The molecule has 0 radical (unpaired) electrons. The SMILES string of the molecule is c1ccc(C(NC2C3CC4CC(C3)CC2C4)C2CC2)cc1. The van der Waals surface area contributed by atoms with Gasteiger partial charge in [0.15, 0.2) is 0 Å². The maximum atomic E-state index is 4.18. The van der Waals surface area contributed by atoms with Crippen molar-refractivity contribution >= 4 is 0 Å². The first-order valence-electron chi connectivity index (χ1n) is 9.18. The van der Waals surface area contributed by atoms with Gasteiger partial charge in [0.25, 0.3) is 0 Å². The number of rotatable bonds is 4. The topological polar surface area (TPSA) is 12.0 Å². The average Bonchev–Trinajstić information content (AvgIpc) is 3.32. The van der Waals surface area contributed by atoms with E-state index in [2.05, 4.69) is 35.6 Å². The van der Waals surface area contributed by atoms with Crippen LogP contribution >= 0.6 is 0 Å². The van der Waals surface area contributed by atoms with Crippen LogP contribution in [-0.4, -0.2) is 6.04 Å². The van der Waals surface area contributed by atoms with E-state index in [1.807, 2.05) is 0 Å². The van der Waals surface area contributed by atoms with Crippen LogP contribution in [0.5, 0.6) is 0 Å². The quantitative estimate of drug-likeness (QED) is 0.853. The standard InChI is InChI=1S/C20H27N/c1-2-4-15(5-3-1)19(16-6-7-16)21-20-17-9-13-8-14(11-17)12-18(20)10-13/h1-5,13-14,16-21H,6-12H2. The van der Waals surface area contributed by atoms with E-state index in [0.717, 1.165) is 35.6 Å². The average molecular weight is 281 g/mol. The van der Waals surface area contributed by atoms with Gasteiger partial charge in [0.2, 0.25) is 0 Å². The van der Waals surface area contributed by atoms with E-state index < -0.39 is 0 Å². The predicted molar refractivity (Wildman–Crippen MR) is 85.9 cm³/mol. The first-order valence-corrected chi connectivity index (χ1v) is 9.18. The van der Waals surface area contributed by atoms with Crippen LogP contribution < -0.4 is 5.32 Å². The van der Waals surface area contributed by atoms with Gasteiger partial charge in [0.1, 0.15) is 0 Å². The van der Waals surface area contributed by atoms with Crippen LogP contribution in [-0.2, 0) is 0 Å². The molecule has 0 aromatic heterocycles. The van der Waals surface area contributed by atoms with Crippen molar-refractivity contribution in [2.75, 3.05) is 0 Å². The lowest BCUT2D eigenvalue weighted by atomic mass is 9.54. The molecule has 5 aliphatic carbocycles. The summed E-state index contributed by atoms with van der Waals surface area (Å²) in [5.74, 6) is 5.06. The van der Waals surface area contributed by atoms with Gasteiger partial charge in [0, 0.05) is 12.1 Å². The third kappa shape index (κ3) is 2.25. The van der Waals surface area contributed by atoms with Crippen LogP contribution in [0.2, 0.25) is 0 Å². The fourth-order valence-electron chi connectivity index (χ4n) is 6.00. The van der Waals surface area contributed by atoms with Gasteiger partial charge in [-0.25, -0.2) is 0 Å². The Labute approximate surface area is 128 Å². The molecule has 1 aromatic rings. The van der Waals surface area contributed by atoms with E-state index in [9.17, 15) is 0 Å². The first kappa shape index (κ1) is 12.7. The molecule has 1 N–H and O–H groups in total. The van der Waals surface area contributed by atoms with Crippen LogP contribution in [0.15, 0.2) is 30.3 Å². The molecule has 5 saturated carbocycles. The highest BCUT2D eigenvalue weighted by atomic mass is 15.0. The van der Waals surface area contributed by atoms with Crippen molar-refractivity contribution in [3.63, 3.8) is 0 Å². The van der Waals surface area contributed by atoms with Gasteiger partial charge < -0.3 is 5.32 Å². The molecule has 1 nitrogen and oxygen atoms in total. The van der Waals surface area contributed by atoms with Gasteiger partial charge in [-0.05, 0) is 80.1 Å². The normalized spacial score (nSPS) is 42.2. The Kier molecular flexibility index (Phi) is 2.93. The second-order valence-electron chi connectivity index (χ2n) is 8.35. The van der Waals surface area contributed by atoms with Crippen molar-refractivity contribution in [3.8, 4) is 0 Å². The van der Waals surface area contributed by atoms with Gasteiger partial charge in [-0.3, -0.25) is 0 Å². The van der Waals surface area contributed by atoms with Crippen molar-refractivity contribution in [1.29, 1.82) is 0 Å². The summed E-state index contributed by atoms with van der Waals surface area (Å²) in [5.41, 5.74) is 1.54. The van der Waals surface area contributed by atoms with E-state index in [4.69, 9.17) is 0 Å². The summed E-state index contributed by atoms with van der Waals surface area (Å²) in [4.78, 5) is 0. The molecule has 0 heterocycles. The second-order valence-corrected chi connectivity index (χ2v) is 8.35. The highest BCUT2D eigenvalue weighted by molar-refractivity contribution is 5.22. The third-order valence-electron chi connectivity index (χ3n) is 6.85. The Morgan fingerprint density at radius 3 is 2.00 bits per heavy atom. The van der Waals surface area contributed by atoms with E-state index >= 15 is 0 Å². The van der Waals surface area contributed by atoms with Crippen LogP contribution in [0.4, 0.5) is 0 Å². The van der Waals surface area contributed by atoms with Gasteiger partial charge in [-0.2, -0.15) is 0 Å². The Bertz CT molecular complexity index is 476. The van der Waals surface area contributed by atoms with Crippen LogP contribution in [0.3, 0.4) is 0 Å². The molecule has 5 aliphatic rings. The van der Waals surface area contributed by atoms with Gasteiger partial charge >= 0.3 is 0 Å². The highest BCUT2D eigenvalue weighted by Crippen LogP contribution is 2.54. The van der Waals surface area contributed by atoms with Crippen molar-refractivity contribution in [1.82, 2.24) is 5.32 Å². The Balaban J connectivity index is 1.38. The minimum atomic E-state index is 0.633. The van der Waals surface area contributed by atoms with E-state index in [1.165, 1.54) is 44.1 Å². The van der Waals surface area contributed by atoms with E-state index in [-0.39, 0.29) is 0 Å². The Morgan fingerprint density at radius 2 is 1.43 bits per heavy atom. The smallest absolute Gasteiger partial charge is 0.0351 e. The monoisotopic (exact) mass is 281 g/mol. The molecule has 1 unspecified atom stereocenters. The summed E-state index contributed by atoms with van der Waals surface area (Å²) in [6.45, 7) is 0. The fraction of sp³-hybridized carbons (Fsp3) is 0.700. The minimum Gasteiger partial charge on any atom is -0.306 e. The molecule has 1 heteroatoms. The first-order chi connectivity index (χ1) is 10.4. The van der Waals surface area contributed by atoms with Gasteiger partial charge in [-0.1, -0.05) is 30.3 Å². The Hall–Kier alpha value is -0.820. The molecule has 21 heavy (non-hydrogen) atoms. The van der Waals surface area contributed by atoms with Gasteiger partial charge in [0.05, 0.1) is 0 Å². The molecule has 1 atom stereocenters. The Morgan fingerprint density at radius 1 is 0.810 bits per heavy atom. The number of hydrogen-bond acceptors (Lipinski definition) is 1. The zero-order valence-electron chi connectivity index (χ0n) is 12.9. The van der Waals surface area contributed by atoms with Crippen molar-refractivity contribution in [3.05, 3.63) is 35.9 Å². The summed E-state index contributed by atoms with van der Waals surface area (Å²) in [5, 5.41) is 4.18. The van der Waals surface area contributed by atoms with Crippen LogP contribution in [0.25, 0.3) is 0 Å². The number of hydrogen-bond donors (Lipinski definition) is 1. The molecule has 5 fully saturated rings. The maximum absolute atomic E-state index is 4.18. The molecule has 0 aliphatic heterocycles. The predicted octanol–water partition coefficient (Wildman–Crippen LogP) is 4.55. The molecule has 0 saturated heterocycles. The third-order valence-corrected chi connectivity index (χ3v) is 6.85. The van der Waals surface area contributed by atoms with E-state index in [0.29, 0.717) is 6.04 Å². The lowest BCUT2D eigenvalue weighted by molar-refractivity contribution is -0.0187. The largest absolute Gasteiger partial charge is 0.306 e. The van der Waals surface area contributed by atoms with Crippen molar-refractivity contribution < 1.29 is 0 Å². The summed E-state index contributed by atoms with van der Waals surface area (Å²) in [6, 6.07) is 12.7. The summed E-state index contributed by atoms with van der Waals surface area (Å²) >= 11 is 0. The van der Waals surface area contributed by atoms with E-state index in [1.54, 1.807) is 6.42 Å². The zero-order valence-corrected chi connectivity index (χ0v) is 12.9. The summed E-state index contributed by atoms with van der Waals surface area (Å²) in [6.07, 6.45) is 10.5. The van der Waals surface area contributed by atoms with Crippen LogP contribution in [0.1, 0.15) is 56.6 Å². The molecular weight excluding hydrogens is 254 g/mol. The molecule has 1 aromatic carbocycles. The fourth-order valence-corrected chi connectivity index (χ4v) is 6.00. The lowest BCUT2D eigenvalue weighted by Gasteiger charge is -2.55. The molecule has 4 bridgehead atoms. The molecule has 0 amide bonds. The van der Waals surface area contributed by atoms with Crippen molar-refractivity contribution in [2.24, 2.45) is 29.6 Å². The highest BCUT2D eigenvalue weighted by Gasteiger charge is 2.49.